The maximum absolute atomic E-state index is 13.6. The number of carbonyl (C=O) groups is 1. The van der Waals surface area contributed by atoms with E-state index in [0.717, 1.165) is 12.0 Å². The molecule has 19 heavy (non-hydrogen) atoms. The minimum absolute atomic E-state index is 0.0924. The Hall–Kier alpha value is -1.64. The van der Waals surface area contributed by atoms with E-state index >= 15 is 0 Å². The number of hydrogen-bond acceptors (Lipinski definition) is 1. The van der Waals surface area contributed by atoms with Crippen molar-refractivity contribution in [3.63, 3.8) is 0 Å². The van der Waals surface area contributed by atoms with Crippen LogP contribution in [0.1, 0.15) is 32.8 Å². The Labute approximate surface area is 114 Å². The lowest BCUT2D eigenvalue weighted by Crippen LogP contribution is -2.33. The predicted molar refractivity (Wildman–Crippen MR) is 76.3 cm³/mol. The van der Waals surface area contributed by atoms with E-state index in [1.165, 1.54) is 6.07 Å². The van der Waals surface area contributed by atoms with E-state index in [1.54, 1.807) is 18.2 Å². The molecule has 3 heteroatoms. The molecule has 0 heterocycles. The van der Waals surface area contributed by atoms with Crippen molar-refractivity contribution in [2.45, 2.75) is 39.7 Å². The van der Waals surface area contributed by atoms with E-state index in [-0.39, 0.29) is 17.3 Å². The molecule has 1 rings (SSSR count). The van der Waals surface area contributed by atoms with Crippen molar-refractivity contribution in [1.82, 2.24) is 5.32 Å². The van der Waals surface area contributed by atoms with Gasteiger partial charge in [0.1, 0.15) is 5.82 Å². The van der Waals surface area contributed by atoms with Gasteiger partial charge < -0.3 is 5.32 Å². The van der Waals surface area contributed by atoms with Gasteiger partial charge in [-0.1, -0.05) is 51.1 Å². The fourth-order valence-corrected chi connectivity index (χ4v) is 2.09. The minimum atomic E-state index is -0.247. The Balaban J connectivity index is 2.81. The summed E-state index contributed by atoms with van der Waals surface area (Å²) in [5, 5.41) is 2.73. The molecule has 0 radical (unpaired) electrons. The second-order valence-electron chi connectivity index (χ2n) is 6.03. The molecule has 1 atom stereocenters. The molecule has 1 amide bonds. The maximum atomic E-state index is 13.6. The second-order valence-corrected chi connectivity index (χ2v) is 6.03. The Morgan fingerprint density at radius 1 is 1.42 bits per heavy atom. The molecule has 0 aromatic heterocycles. The number of carbonyl (C=O) groups excluding carboxylic acids is 1. The van der Waals surface area contributed by atoms with Gasteiger partial charge in [-0.25, -0.2) is 4.39 Å². The lowest BCUT2D eigenvalue weighted by atomic mass is 9.84. The van der Waals surface area contributed by atoms with Crippen LogP contribution in [0.2, 0.25) is 0 Å². The summed E-state index contributed by atoms with van der Waals surface area (Å²) in [6.07, 6.45) is 1.87. The summed E-state index contributed by atoms with van der Waals surface area (Å²) >= 11 is 0. The number of hydrogen-bond donors (Lipinski definition) is 1. The molecule has 0 saturated carbocycles. The SMILES string of the molecule is C=C(CC(C)(C)C)C(Cc1ccccc1F)NC=O. The lowest BCUT2D eigenvalue weighted by Gasteiger charge is -2.25. The van der Waals surface area contributed by atoms with Crippen molar-refractivity contribution in [3.05, 3.63) is 47.8 Å². The topological polar surface area (TPSA) is 29.1 Å². The van der Waals surface area contributed by atoms with Crippen molar-refractivity contribution in [2.75, 3.05) is 0 Å². The first-order valence-corrected chi connectivity index (χ1v) is 6.44. The molecule has 0 spiro atoms. The summed E-state index contributed by atoms with van der Waals surface area (Å²) in [5.74, 6) is -0.247. The van der Waals surface area contributed by atoms with Crippen LogP contribution in [-0.4, -0.2) is 12.5 Å². The van der Waals surface area contributed by atoms with E-state index in [0.29, 0.717) is 18.4 Å². The van der Waals surface area contributed by atoms with Gasteiger partial charge in [0.2, 0.25) is 6.41 Å². The summed E-state index contributed by atoms with van der Waals surface area (Å²) < 4.78 is 13.6. The van der Waals surface area contributed by atoms with Gasteiger partial charge in [-0.05, 0) is 29.9 Å². The largest absolute Gasteiger partial charge is 0.352 e. The van der Waals surface area contributed by atoms with Crippen LogP contribution in [-0.2, 0) is 11.2 Å². The third kappa shape index (κ3) is 5.25. The zero-order chi connectivity index (χ0) is 14.5. The molecule has 1 N–H and O–H groups in total. The van der Waals surface area contributed by atoms with Gasteiger partial charge in [0.15, 0.2) is 0 Å². The van der Waals surface area contributed by atoms with E-state index in [1.807, 2.05) is 0 Å². The molecule has 0 saturated heterocycles. The minimum Gasteiger partial charge on any atom is -0.352 e. The summed E-state index contributed by atoms with van der Waals surface area (Å²) in [6, 6.07) is 6.39. The normalized spacial score (nSPS) is 12.8. The van der Waals surface area contributed by atoms with Crippen LogP contribution in [0.5, 0.6) is 0 Å². The van der Waals surface area contributed by atoms with Crippen molar-refractivity contribution in [1.29, 1.82) is 0 Å². The van der Waals surface area contributed by atoms with Crippen molar-refractivity contribution >= 4 is 6.41 Å². The van der Waals surface area contributed by atoms with Crippen LogP contribution in [0.4, 0.5) is 4.39 Å². The smallest absolute Gasteiger partial charge is 0.207 e. The highest BCUT2D eigenvalue weighted by atomic mass is 19.1. The Kier molecular flexibility index (Phi) is 5.28. The van der Waals surface area contributed by atoms with Crippen LogP contribution in [0.25, 0.3) is 0 Å². The van der Waals surface area contributed by atoms with Crippen LogP contribution < -0.4 is 5.32 Å². The molecular weight excluding hydrogens is 241 g/mol. The monoisotopic (exact) mass is 263 g/mol. The molecule has 1 aromatic carbocycles. The van der Waals surface area contributed by atoms with Gasteiger partial charge in [0.05, 0.1) is 6.04 Å². The summed E-state index contributed by atoms with van der Waals surface area (Å²) in [4.78, 5) is 10.7. The summed E-state index contributed by atoms with van der Waals surface area (Å²) in [6.45, 7) is 10.4. The molecule has 0 bridgehead atoms. The average molecular weight is 263 g/mol. The molecule has 0 aliphatic heterocycles. The molecule has 1 aromatic rings. The predicted octanol–water partition coefficient (Wildman–Crippen LogP) is 3.48. The molecule has 0 aliphatic rings. The summed E-state index contributed by atoms with van der Waals surface area (Å²) in [7, 11) is 0. The van der Waals surface area contributed by atoms with Gasteiger partial charge in [0.25, 0.3) is 0 Å². The summed E-state index contributed by atoms with van der Waals surface area (Å²) in [5.41, 5.74) is 1.61. The fourth-order valence-electron chi connectivity index (χ4n) is 2.09. The first-order valence-electron chi connectivity index (χ1n) is 6.44. The molecule has 1 unspecified atom stereocenters. The highest BCUT2D eigenvalue weighted by Gasteiger charge is 2.19. The van der Waals surface area contributed by atoms with Crippen LogP contribution in [0.15, 0.2) is 36.4 Å². The van der Waals surface area contributed by atoms with Gasteiger partial charge >= 0.3 is 0 Å². The molecule has 104 valence electrons. The highest BCUT2D eigenvalue weighted by molar-refractivity contribution is 5.48. The Morgan fingerprint density at radius 2 is 2.05 bits per heavy atom. The zero-order valence-electron chi connectivity index (χ0n) is 11.9. The van der Waals surface area contributed by atoms with Gasteiger partial charge in [-0.3, -0.25) is 4.79 Å². The van der Waals surface area contributed by atoms with Crippen molar-refractivity contribution in [2.24, 2.45) is 5.41 Å². The van der Waals surface area contributed by atoms with E-state index in [2.05, 4.69) is 32.7 Å². The number of rotatable bonds is 6. The molecular formula is C16H22FNO. The molecule has 0 aliphatic carbocycles. The third-order valence-corrected chi connectivity index (χ3v) is 2.90. The van der Waals surface area contributed by atoms with E-state index in [9.17, 15) is 9.18 Å². The van der Waals surface area contributed by atoms with Crippen LogP contribution >= 0.6 is 0 Å². The maximum Gasteiger partial charge on any atom is 0.207 e. The van der Waals surface area contributed by atoms with Gasteiger partial charge in [-0.15, -0.1) is 0 Å². The number of halogens is 1. The van der Waals surface area contributed by atoms with Crippen LogP contribution in [0.3, 0.4) is 0 Å². The second kappa shape index (κ2) is 6.50. The number of benzene rings is 1. The average Bonchev–Trinajstić information content (AvgIpc) is 2.29. The Morgan fingerprint density at radius 3 is 2.58 bits per heavy atom. The number of amides is 1. The standard InChI is InChI=1S/C16H22FNO/c1-12(10-16(2,3)4)15(18-11-19)9-13-7-5-6-8-14(13)17/h5-8,11,15H,1,9-10H2,2-4H3,(H,18,19). The molecule has 0 fully saturated rings. The van der Waals surface area contributed by atoms with Crippen LogP contribution in [0, 0.1) is 11.2 Å². The van der Waals surface area contributed by atoms with Gasteiger partial charge in [-0.2, -0.15) is 0 Å². The fraction of sp³-hybridized carbons (Fsp3) is 0.438. The zero-order valence-corrected chi connectivity index (χ0v) is 11.9. The van der Waals surface area contributed by atoms with Crippen molar-refractivity contribution in [3.8, 4) is 0 Å². The van der Waals surface area contributed by atoms with Gasteiger partial charge in [0, 0.05) is 0 Å². The van der Waals surface area contributed by atoms with E-state index in [4.69, 9.17) is 0 Å². The highest BCUT2D eigenvalue weighted by Crippen LogP contribution is 2.26. The lowest BCUT2D eigenvalue weighted by molar-refractivity contribution is -0.110. The molecule has 2 nitrogen and oxygen atoms in total. The number of nitrogens with one attached hydrogen (secondary N) is 1. The first kappa shape index (κ1) is 15.4. The van der Waals surface area contributed by atoms with E-state index < -0.39 is 0 Å². The third-order valence-electron chi connectivity index (χ3n) is 2.90. The first-order chi connectivity index (χ1) is 8.83. The quantitative estimate of drug-likeness (QED) is 0.618. The van der Waals surface area contributed by atoms with Crippen molar-refractivity contribution < 1.29 is 9.18 Å². The Bertz CT molecular complexity index is 448.